The van der Waals surface area contributed by atoms with Crippen LogP contribution in [0.3, 0.4) is 0 Å². The molecular formula is C20H25IN4O. The lowest BCUT2D eigenvalue weighted by Gasteiger charge is -2.17. The molecule has 3 N–H and O–H groups in total. The fraction of sp³-hybridized carbons (Fsp3) is 0.250. The predicted molar refractivity (Wildman–Crippen MR) is 119 cm³/mol. The SMILES string of the molecule is COCc1ccccc1NC(N)=NCc1ccc(N2CC=CC2)cc1.I. The van der Waals surface area contributed by atoms with Crippen LogP contribution in [0.4, 0.5) is 11.4 Å². The Morgan fingerprint density at radius 2 is 1.81 bits per heavy atom. The van der Waals surface area contributed by atoms with Gasteiger partial charge in [0.25, 0.3) is 0 Å². The third kappa shape index (κ3) is 5.47. The van der Waals surface area contributed by atoms with Gasteiger partial charge in [0.05, 0.1) is 13.2 Å². The molecule has 0 unspecified atom stereocenters. The van der Waals surface area contributed by atoms with Crippen LogP contribution in [-0.4, -0.2) is 26.2 Å². The number of hydrogen-bond donors (Lipinski definition) is 2. The molecule has 2 aromatic rings. The quantitative estimate of drug-likeness (QED) is 0.296. The highest BCUT2D eigenvalue weighted by molar-refractivity contribution is 14.0. The molecule has 1 aliphatic rings. The number of nitrogens with two attached hydrogens (primary N) is 1. The minimum absolute atomic E-state index is 0. The van der Waals surface area contributed by atoms with Gasteiger partial charge in [-0.15, -0.1) is 24.0 Å². The Morgan fingerprint density at radius 1 is 1.12 bits per heavy atom. The molecule has 26 heavy (non-hydrogen) atoms. The van der Waals surface area contributed by atoms with Crippen molar-refractivity contribution in [1.29, 1.82) is 0 Å². The molecule has 0 saturated carbocycles. The molecule has 1 heterocycles. The summed E-state index contributed by atoms with van der Waals surface area (Å²) >= 11 is 0. The molecule has 5 nitrogen and oxygen atoms in total. The van der Waals surface area contributed by atoms with Crippen molar-refractivity contribution in [3.05, 3.63) is 71.8 Å². The molecule has 2 aromatic carbocycles. The Balaban J connectivity index is 0.00000243. The van der Waals surface area contributed by atoms with E-state index >= 15 is 0 Å². The van der Waals surface area contributed by atoms with E-state index in [0.29, 0.717) is 19.1 Å². The number of para-hydroxylation sites is 1. The average Bonchev–Trinajstić information content (AvgIpc) is 3.17. The number of anilines is 2. The number of methoxy groups -OCH3 is 1. The number of halogens is 1. The monoisotopic (exact) mass is 464 g/mol. The molecule has 0 bridgehead atoms. The van der Waals surface area contributed by atoms with Crippen LogP contribution in [0.5, 0.6) is 0 Å². The van der Waals surface area contributed by atoms with Gasteiger partial charge in [0.1, 0.15) is 0 Å². The summed E-state index contributed by atoms with van der Waals surface area (Å²) in [7, 11) is 1.68. The highest BCUT2D eigenvalue weighted by Gasteiger charge is 2.07. The summed E-state index contributed by atoms with van der Waals surface area (Å²) in [4.78, 5) is 6.75. The first-order valence-electron chi connectivity index (χ1n) is 8.39. The van der Waals surface area contributed by atoms with E-state index in [9.17, 15) is 0 Å². The summed E-state index contributed by atoms with van der Waals surface area (Å²) in [6.07, 6.45) is 4.37. The summed E-state index contributed by atoms with van der Waals surface area (Å²) in [5, 5.41) is 3.15. The minimum atomic E-state index is 0. The van der Waals surface area contributed by atoms with E-state index in [1.165, 1.54) is 5.69 Å². The van der Waals surface area contributed by atoms with Crippen molar-refractivity contribution in [3.8, 4) is 0 Å². The molecule has 0 radical (unpaired) electrons. The van der Waals surface area contributed by atoms with Crippen molar-refractivity contribution in [2.24, 2.45) is 10.7 Å². The smallest absolute Gasteiger partial charge is 0.193 e. The summed E-state index contributed by atoms with van der Waals surface area (Å²) < 4.78 is 5.20. The lowest BCUT2D eigenvalue weighted by molar-refractivity contribution is 0.185. The van der Waals surface area contributed by atoms with Gasteiger partial charge in [-0.3, -0.25) is 0 Å². The molecule has 6 heteroatoms. The molecule has 0 fully saturated rings. The number of benzene rings is 2. The second-order valence-corrected chi connectivity index (χ2v) is 5.96. The number of guanidine groups is 1. The Bertz CT molecular complexity index is 751. The molecule has 138 valence electrons. The molecule has 0 spiro atoms. The lowest BCUT2D eigenvalue weighted by atomic mass is 10.2. The van der Waals surface area contributed by atoms with Crippen molar-refractivity contribution < 1.29 is 4.74 Å². The van der Waals surface area contributed by atoms with Crippen LogP contribution in [-0.2, 0) is 17.9 Å². The first-order chi connectivity index (χ1) is 12.3. The maximum Gasteiger partial charge on any atom is 0.193 e. The van der Waals surface area contributed by atoms with Gasteiger partial charge < -0.3 is 20.7 Å². The van der Waals surface area contributed by atoms with E-state index in [1.807, 2.05) is 24.3 Å². The Hall–Kier alpha value is -2.06. The highest BCUT2D eigenvalue weighted by atomic mass is 127. The van der Waals surface area contributed by atoms with E-state index in [4.69, 9.17) is 10.5 Å². The highest BCUT2D eigenvalue weighted by Crippen LogP contribution is 2.18. The summed E-state index contributed by atoms with van der Waals surface area (Å²) in [5.41, 5.74) is 10.4. The van der Waals surface area contributed by atoms with Crippen LogP contribution in [0.1, 0.15) is 11.1 Å². The number of nitrogens with one attached hydrogen (secondary N) is 1. The average molecular weight is 464 g/mol. The van der Waals surface area contributed by atoms with Crippen LogP contribution in [0.15, 0.2) is 65.7 Å². The second-order valence-electron chi connectivity index (χ2n) is 5.96. The zero-order chi connectivity index (χ0) is 17.5. The van der Waals surface area contributed by atoms with Gasteiger partial charge in [-0.25, -0.2) is 4.99 Å². The molecule has 3 rings (SSSR count). The van der Waals surface area contributed by atoms with E-state index in [-0.39, 0.29) is 24.0 Å². The summed E-state index contributed by atoms with van der Waals surface area (Å²) in [6.45, 7) is 3.04. The van der Waals surface area contributed by atoms with Crippen LogP contribution >= 0.6 is 24.0 Å². The Kier molecular flexibility index (Phi) is 7.93. The largest absolute Gasteiger partial charge is 0.380 e. The van der Waals surface area contributed by atoms with Crippen LogP contribution in [0, 0.1) is 0 Å². The fourth-order valence-electron chi connectivity index (χ4n) is 2.78. The molecule has 1 aliphatic heterocycles. The lowest BCUT2D eigenvalue weighted by Crippen LogP contribution is -2.23. The van der Waals surface area contributed by atoms with Gasteiger partial charge in [0, 0.05) is 37.1 Å². The Morgan fingerprint density at radius 3 is 2.50 bits per heavy atom. The number of rotatable bonds is 6. The van der Waals surface area contributed by atoms with Crippen molar-refractivity contribution in [1.82, 2.24) is 0 Å². The van der Waals surface area contributed by atoms with Crippen molar-refractivity contribution in [3.63, 3.8) is 0 Å². The zero-order valence-electron chi connectivity index (χ0n) is 14.9. The third-order valence-corrected chi connectivity index (χ3v) is 4.13. The van der Waals surface area contributed by atoms with Crippen molar-refractivity contribution in [2.75, 3.05) is 30.4 Å². The first-order valence-corrected chi connectivity index (χ1v) is 8.39. The van der Waals surface area contributed by atoms with Gasteiger partial charge >= 0.3 is 0 Å². The van der Waals surface area contributed by atoms with E-state index in [0.717, 1.165) is 29.9 Å². The molecule has 0 saturated heterocycles. The third-order valence-electron chi connectivity index (χ3n) is 4.13. The maximum absolute atomic E-state index is 6.03. The van der Waals surface area contributed by atoms with Gasteiger partial charge in [-0.2, -0.15) is 0 Å². The molecule has 0 atom stereocenters. The topological polar surface area (TPSA) is 62.9 Å². The zero-order valence-corrected chi connectivity index (χ0v) is 17.2. The van der Waals surface area contributed by atoms with Gasteiger partial charge in [0.2, 0.25) is 0 Å². The standard InChI is InChI=1S/C20H24N4O.HI/c1-25-15-17-6-2-3-7-19(17)23-20(21)22-14-16-8-10-18(11-9-16)24-12-4-5-13-24;/h2-11H,12-15H2,1H3,(H3,21,22,23);1H. The maximum atomic E-state index is 6.03. The van der Waals surface area contributed by atoms with Gasteiger partial charge in [-0.1, -0.05) is 42.5 Å². The molecule has 0 amide bonds. The first kappa shape index (κ1) is 20.3. The number of nitrogens with zero attached hydrogens (tertiary/aromatic N) is 2. The van der Waals surface area contributed by atoms with Gasteiger partial charge in [-0.05, 0) is 23.8 Å². The fourth-order valence-corrected chi connectivity index (χ4v) is 2.78. The van der Waals surface area contributed by atoms with Crippen LogP contribution in [0.25, 0.3) is 0 Å². The normalized spacial score (nSPS) is 13.6. The minimum Gasteiger partial charge on any atom is -0.380 e. The molecular weight excluding hydrogens is 439 g/mol. The number of aliphatic imine (C=N–C) groups is 1. The summed E-state index contributed by atoms with van der Waals surface area (Å²) in [6, 6.07) is 16.4. The van der Waals surface area contributed by atoms with E-state index in [1.54, 1.807) is 7.11 Å². The Labute approximate surface area is 172 Å². The number of ether oxygens (including phenoxy) is 1. The van der Waals surface area contributed by atoms with Crippen molar-refractivity contribution >= 4 is 41.3 Å². The second kappa shape index (κ2) is 10.2. The predicted octanol–water partition coefficient (Wildman–Crippen LogP) is 3.75. The molecule has 0 aromatic heterocycles. The van der Waals surface area contributed by atoms with Crippen LogP contribution < -0.4 is 16.0 Å². The summed E-state index contributed by atoms with van der Waals surface area (Å²) in [5.74, 6) is 0.399. The van der Waals surface area contributed by atoms with E-state index < -0.39 is 0 Å². The van der Waals surface area contributed by atoms with Gasteiger partial charge in [0.15, 0.2) is 5.96 Å². The molecule has 0 aliphatic carbocycles. The van der Waals surface area contributed by atoms with E-state index in [2.05, 4.69) is 51.6 Å². The number of hydrogen-bond acceptors (Lipinski definition) is 3. The van der Waals surface area contributed by atoms with Crippen molar-refractivity contribution in [2.45, 2.75) is 13.2 Å². The van der Waals surface area contributed by atoms with Crippen LogP contribution in [0.2, 0.25) is 0 Å².